The second-order valence-electron chi connectivity index (χ2n) is 5.33. The van der Waals surface area contributed by atoms with E-state index >= 15 is 0 Å². The molecule has 0 amide bonds. The molecule has 2 aromatic rings. The first-order valence-electron chi connectivity index (χ1n) is 7.81. The summed E-state index contributed by atoms with van der Waals surface area (Å²) in [5, 5.41) is 9.94. The van der Waals surface area contributed by atoms with Gasteiger partial charge in [-0.25, -0.2) is 0 Å². The molecule has 0 saturated carbocycles. The van der Waals surface area contributed by atoms with Gasteiger partial charge in [-0.1, -0.05) is 49.2 Å². The average Bonchev–Trinajstić information content (AvgIpc) is 2.59. The van der Waals surface area contributed by atoms with E-state index in [2.05, 4.69) is 6.07 Å². The molecule has 2 aromatic carbocycles. The minimum atomic E-state index is -0.225. The third-order valence-electron chi connectivity index (χ3n) is 3.41. The molecule has 0 bridgehead atoms. The fourth-order valence-electron chi connectivity index (χ4n) is 2.14. The largest absolute Gasteiger partial charge is 0.427 e. The summed E-state index contributed by atoms with van der Waals surface area (Å²) in [6, 6.07) is 16.4. The SMILES string of the molecule is CCCCC(=O)Oc1ccc(/C=C(/C#N)c2cccc(Cl)c2)cc1. The van der Waals surface area contributed by atoms with E-state index in [1.165, 1.54) is 0 Å². The maximum atomic E-state index is 11.6. The number of ether oxygens (including phenoxy) is 1. The number of rotatable bonds is 6. The van der Waals surface area contributed by atoms with Crippen LogP contribution in [-0.4, -0.2) is 5.97 Å². The molecule has 0 spiro atoms. The number of esters is 1. The fourth-order valence-corrected chi connectivity index (χ4v) is 2.33. The summed E-state index contributed by atoms with van der Waals surface area (Å²) in [5.41, 5.74) is 2.13. The van der Waals surface area contributed by atoms with Gasteiger partial charge >= 0.3 is 5.97 Å². The summed E-state index contributed by atoms with van der Waals surface area (Å²) in [4.78, 5) is 11.6. The molecule has 0 aliphatic rings. The molecule has 0 radical (unpaired) electrons. The van der Waals surface area contributed by atoms with Gasteiger partial charge in [0, 0.05) is 11.4 Å². The third kappa shape index (κ3) is 5.26. The molecule has 122 valence electrons. The number of carbonyl (C=O) groups is 1. The maximum absolute atomic E-state index is 11.6. The van der Waals surface area contributed by atoms with E-state index < -0.39 is 0 Å². The lowest BCUT2D eigenvalue weighted by atomic mass is 10.0. The van der Waals surface area contributed by atoms with Crippen LogP contribution >= 0.6 is 11.6 Å². The number of unbranched alkanes of at least 4 members (excludes halogenated alkanes) is 1. The zero-order valence-electron chi connectivity index (χ0n) is 13.5. The zero-order valence-corrected chi connectivity index (χ0v) is 14.2. The van der Waals surface area contributed by atoms with Crippen molar-refractivity contribution in [2.75, 3.05) is 0 Å². The van der Waals surface area contributed by atoms with Crippen molar-refractivity contribution in [2.45, 2.75) is 26.2 Å². The van der Waals surface area contributed by atoms with Crippen molar-refractivity contribution in [3.63, 3.8) is 0 Å². The molecule has 4 heteroatoms. The van der Waals surface area contributed by atoms with Gasteiger partial charge in [0.1, 0.15) is 5.75 Å². The molecule has 0 atom stereocenters. The lowest BCUT2D eigenvalue weighted by Crippen LogP contribution is -2.07. The molecule has 2 rings (SSSR count). The van der Waals surface area contributed by atoms with Crippen LogP contribution in [0.25, 0.3) is 11.6 Å². The molecule has 0 saturated heterocycles. The van der Waals surface area contributed by atoms with Gasteiger partial charge in [-0.05, 0) is 47.9 Å². The lowest BCUT2D eigenvalue weighted by molar-refractivity contribution is -0.134. The highest BCUT2D eigenvalue weighted by Crippen LogP contribution is 2.22. The highest BCUT2D eigenvalue weighted by molar-refractivity contribution is 6.30. The standard InChI is InChI=1S/C20H18ClNO2/c1-2-3-7-20(23)24-19-10-8-15(9-11-19)12-17(14-22)16-5-4-6-18(21)13-16/h4-6,8-13H,2-3,7H2,1H3/b17-12-. The second-order valence-corrected chi connectivity index (χ2v) is 5.76. The molecule has 0 aliphatic carbocycles. The number of nitrogens with zero attached hydrogens (tertiary/aromatic N) is 1. The first-order valence-corrected chi connectivity index (χ1v) is 8.18. The van der Waals surface area contributed by atoms with Gasteiger partial charge < -0.3 is 4.74 Å². The van der Waals surface area contributed by atoms with E-state index in [9.17, 15) is 10.1 Å². The van der Waals surface area contributed by atoms with Gasteiger partial charge in [0.2, 0.25) is 0 Å². The number of benzene rings is 2. The van der Waals surface area contributed by atoms with Crippen LogP contribution in [0.2, 0.25) is 5.02 Å². The highest BCUT2D eigenvalue weighted by Gasteiger charge is 2.05. The summed E-state index contributed by atoms with van der Waals surface area (Å²) in [5.74, 6) is 0.284. The predicted octanol–water partition coefficient (Wildman–Crippen LogP) is 5.50. The minimum absolute atomic E-state index is 0.225. The summed E-state index contributed by atoms with van der Waals surface area (Å²) in [6.45, 7) is 2.03. The Labute approximate surface area is 147 Å². The number of hydrogen-bond acceptors (Lipinski definition) is 3. The summed E-state index contributed by atoms with van der Waals surface area (Å²) >= 11 is 5.97. The first kappa shape index (κ1) is 17.8. The van der Waals surface area contributed by atoms with Gasteiger partial charge in [-0.2, -0.15) is 5.26 Å². The van der Waals surface area contributed by atoms with Gasteiger partial charge in [0.15, 0.2) is 0 Å². The molecule has 3 nitrogen and oxygen atoms in total. The topological polar surface area (TPSA) is 50.1 Å². The normalized spacial score (nSPS) is 11.0. The van der Waals surface area contributed by atoms with Crippen LogP contribution in [-0.2, 0) is 4.79 Å². The van der Waals surface area contributed by atoms with Gasteiger partial charge in [0.25, 0.3) is 0 Å². The number of nitriles is 1. The van der Waals surface area contributed by atoms with Crippen LogP contribution in [0.5, 0.6) is 5.75 Å². The van der Waals surface area contributed by atoms with Gasteiger partial charge in [-0.3, -0.25) is 4.79 Å². The summed E-state index contributed by atoms with van der Waals surface area (Å²) in [6.07, 6.45) is 3.98. The lowest BCUT2D eigenvalue weighted by Gasteiger charge is -2.05. The van der Waals surface area contributed by atoms with Crippen LogP contribution in [0, 0.1) is 11.3 Å². The van der Waals surface area contributed by atoms with Crippen LogP contribution in [0.4, 0.5) is 0 Å². The fraction of sp³-hybridized carbons (Fsp3) is 0.200. The Morgan fingerprint density at radius 1 is 1.25 bits per heavy atom. The van der Waals surface area contributed by atoms with Gasteiger partial charge in [0.05, 0.1) is 11.6 Å². The monoisotopic (exact) mass is 339 g/mol. The van der Waals surface area contributed by atoms with E-state index in [0.717, 1.165) is 24.0 Å². The third-order valence-corrected chi connectivity index (χ3v) is 3.65. The van der Waals surface area contributed by atoms with Crippen LogP contribution < -0.4 is 4.74 Å². The smallest absolute Gasteiger partial charge is 0.311 e. The summed E-state index contributed by atoms with van der Waals surface area (Å²) in [7, 11) is 0. The maximum Gasteiger partial charge on any atom is 0.311 e. The molecular weight excluding hydrogens is 322 g/mol. The Morgan fingerprint density at radius 2 is 2.00 bits per heavy atom. The molecule has 0 fully saturated rings. The molecule has 0 aromatic heterocycles. The predicted molar refractivity (Wildman–Crippen MR) is 96.5 cm³/mol. The van der Waals surface area contributed by atoms with Crippen molar-refractivity contribution in [2.24, 2.45) is 0 Å². The molecule has 0 aliphatic heterocycles. The number of allylic oxidation sites excluding steroid dienone is 1. The zero-order chi connectivity index (χ0) is 17.4. The molecule has 24 heavy (non-hydrogen) atoms. The molecule has 0 N–H and O–H groups in total. The van der Waals surface area contributed by atoms with Gasteiger partial charge in [-0.15, -0.1) is 0 Å². The van der Waals surface area contributed by atoms with E-state index in [4.69, 9.17) is 16.3 Å². The Bertz CT molecular complexity index is 773. The van der Waals surface area contributed by atoms with Crippen molar-refractivity contribution < 1.29 is 9.53 Å². The Hall–Kier alpha value is -2.57. The first-order chi connectivity index (χ1) is 11.6. The Balaban J connectivity index is 2.12. The van der Waals surface area contributed by atoms with Crippen LogP contribution in [0.1, 0.15) is 37.3 Å². The molecule has 0 heterocycles. The highest BCUT2D eigenvalue weighted by atomic mass is 35.5. The number of halogens is 1. The van der Waals surface area contributed by atoms with Crippen LogP contribution in [0.15, 0.2) is 48.5 Å². The van der Waals surface area contributed by atoms with Crippen molar-refractivity contribution in [3.05, 3.63) is 64.7 Å². The Kier molecular flexibility index (Phi) is 6.60. The van der Waals surface area contributed by atoms with Crippen molar-refractivity contribution in [3.8, 4) is 11.8 Å². The Morgan fingerprint density at radius 3 is 2.62 bits per heavy atom. The van der Waals surface area contributed by atoms with E-state index in [0.29, 0.717) is 22.8 Å². The number of carbonyl (C=O) groups excluding carboxylic acids is 1. The van der Waals surface area contributed by atoms with Crippen LogP contribution in [0.3, 0.4) is 0 Å². The van der Waals surface area contributed by atoms with E-state index in [1.54, 1.807) is 30.3 Å². The quantitative estimate of drug-likeness (QED) is 0.302. The molecular formula is C20H18ClNO2. The van der Waals surface area contributed by atoms with E-state index in [-0.39, 0.29) is 5.97 Å². The van der Waals surface area contributed by atoms with Crippen molar-refractivity contribution in [1.82, 2.24) is 0 Å². The van der Waals surface area contributed by atoms with E-state index in [1.807, 2.05) is 31.2 Å². The van der Waals surface area contributed by atoms with Crippen molar-refractivity contribution >= 4 is 29.2 Å². The number of hydrogen-bond donors (Lipinski definition) is 0. The average molecular weight is 340 g/mol. The second kappa shape index (κ2) is 8.90. The summed E-state index contributed by atoms with van der Waals surface area (Å²) < 4.78 is 5.26. The van der Waals surface area contributed by atoms with Crippen molar-refractivity contribution in [1.29, 1.82) is 5.26 Å². The minimum Gasteiger partial charge on any atom is -0.427 e. The molecule has 0 unspecified atom stereocenters.